The number of aromatic nitrogens is 3. The number of imidazole rings is 1. The van der Waals surface area contributed by atoms with Gasteiger partial charge in [0.05, 0.1) is 5.56 Å². The summed E-state index contributed by atoms with van der Waals surface area (Å²) in [4.78, 5) is 24.6. The number of hydrogen-bond acceptors (Lipinski definition) is 3. The highest BCUT2D eigenvalue weighted by Crippen LogP contribution is 2.25. The third kappa shape index (κ3) is 3.79. The standard InChI is InChI=1S/C23H25FN4O/c1-3-12-27(15-17-9-6-7-10-19(17)24)23(29)18-14-16(2)25-22-21(18)26-20-11-5-4-8-13-28(20)22/h3,6-7,9-10,14H,1,4-5,8,11-13,15H2,2H3. The summed E-state index contributed by atoms with van der Waals surface area (Å²) in [6, 6.07) is 8.32. The van der Waals surface area contributed by atoms with Crippen molar-refractivity contribution in [3.63, 3.8) is 0 Å². The van der Waals surface area contributed by atoms with Gasteiger partial charge in [0.1, 0.15) is 17.2 Å². The highest BCUT2D eigenvalue weighted by Gasteiger charge is 2.24. The molecule has 5 nitrogen and oxygen atoms in total. The van der Waals surface area contributed by atoms with E-state index in [1.165, 1.54) is 12.5 Å². The molecule has 0 saturated heterocycles. The fraction of sp³-hybridized carbons (Fsp3) is 0.348. The minimum atomic E-state index is -0.320. The molecule has 0 bridgehead atoms. The van der Waals surface area contributed by atoms with E-state index in [9.17, 15) is 9.18 Å². The molecule has 1 aromatic carbocycles. The topological polar surface area (TPSA) is 51.0 Å². The lowest BCUT2D eigenvalue weighted by Crippen LogP contribution is -2.31. The van der Waals surface area contributed by atoms with E-state index in [0.717, 1.165) is 43.0 Å². The van der Waals surface area contributed by atoms with Crippen molar-refractivity contribution in [3.05, 3.63) is 71.4 Å². The van der Waals surface area contributed by atoms with Crippen LogP contribution in [-0.4, -0.2) is 31.9 Å². The van der Waals surface area contributed by atoms with Gasteiger partial charge in [0.2, 0.25) is 0 Å². The maximum absolute atomic E-state index is 14.2. The summed E-state index contributed by atoms with van der Waals surface area (Å²) in [6.07, 6.45) is 5.92. The van der Waals surface area contributed by atoms with Gasteiger partial charge < -0.3 is 9.47 Å². The summed E-state index contributed by atoms with van der Waals surface area (Å²) in [7, 11) is 0. The maximum Gasteiger partial charge on any atom is 0.256 e. The summed E-state index contributed by atoms with van der Waals surface area (Å²) in [5, 5.41) is 0. The number of fused-ring (bicyclic) bond motifs is 3. The summed E-state index contributed by atoms with van der Waals surface area (Å²) < 4.78 is 16.3. The van der Waals surface area contributed by atoms with Crippen molar-refractivity contribution < 1.29 is 9.18 Å². The molecule has 0 radical (unpaired) electrons. The van der Waals surface area contributed by atoms with Gasteiger partial charge in [-0.15, -0.1) is 6.58 Å². The van der Waals surface area contributed by atoms with Crippen LogP contribution < -0.4 is 0 Å². The van der Waals surface area contributed by atoms with Gasteiger partial charge in [-0.2, -0.15) is 0 Å². The lowest BCUT2D eigenvalue weighted by Gasteiger charge is -2.22. The zero-order valence-electron chi connectivity index (χ0n) is 16.7. The second kappa shape index (κ2) is 8.15. The normalized spacial score (nSPS) is 13.7. The molecule has 2 aromatic heterocycles. The van der Waals surface area contributed by atoms with E-state index in [1.54, 1.807) is 35.2 Å². The number of rotatable bonds is 5. The monoisotopic (exact) mass is 392 g/mol. The average Bonchev–Trinajstić information content (AvgIpc) is 2.89. The highest BCUT2D eigenvalue weighted by molar-refractivity contribution is 6.04. The Morgan fingerprint density at radius 3 is 2.90 bits per heavy atom. The molecule has 0 N–H and O–H groups in total. The molecular formula is C23H25FN4O. The number of nitrogens with zero attached hydrogens (tertiary/aromatic N) is 4. The molecule has 0 unspecified atom stereocenters. The van der Waals surface area contributed by atoms with Gasteiger partial charge in [-0.1, -0.05) is 30.7 Å². The molecule has 3 heterocycles. The van der Waals surface area contributed by atoms with Gasteiger partial charge in [-0.05, 0) is 31.9 Å². The predicted octanol–water partition coefficient (Wildman–Crippen LogP) is 4.43. The second-order valence-electron chi connectivity index (χ2n) is 7.54. The van der Waals surface area contributed by atoms with Crippen LogP contribution in [0.15, 0.2) is 43.0 Å². The van der Waals surface area contributed by atoms with Crippen molar-refractivity contribution in [3.8, 4) is 0 Å². The van der Waals surface area contributed by atoms with E-state index < -0.39 is 0 Å². The first-order valence-electron chi connectivity index (χ1n) is 10.1. The minimum Gasteiger partial charge on any atom is -0.330 e. The van der Waals surface area contributed by atoms with Gasteiger partial charge in [-0.25, -0.2) is 14.4 Å². The van der Waals surface area contributed by atoms with Crippen LogP contribution in [0.2, 0.25) is 0 Å². The van der Waals surface area contributed by atoms with Crippen molar-refractivity contribution in [2.24, 2.45) is 0 Å². The lowest BCUT2D eigenvalue weighted by molar-refractivity contribution is 0.0763. The quantitative estimate of drug-likeness (QED) is 0.604. The zero-order valence-corrected chi connectivity index (χ0v) is 16.7. The SMILES string of the molecule is C=CCN(Cc1ccccc1F)C(=O)c1cc(C)nc2c1nc1n2CCCCC1. The number of aryl methyl sites for hydroxylation is 3. The van der Waals surface area contributed by atoms with Crippen LogP contribution in [0.3, 0.4) is 0 Å². The number of amides is 1. The van der Waals surface area contributed by atoms with Crippen LogP contribution in [0, 0.1) is 12.7 Å². The van der Waals surface area contributed by atoms with Crippen molar-refractivity contribution in [2.45, 2.75) is 45.7 Å². The molecule has 1 aliphatic rings. The van der Waals surface area contributed by atoms with E-state index in [1.807, 2.05) is 6.92 Å². The molecule has 0 spiro atoms. The van der Waals surface area contributed by atoms with Crippen molar-refractivity contribution in [1.29, 1.82) is 0 Å². The third-order valence-electron chi connectivity index (χ3n) is 5.38. The Morgan fingerprint density at radius 2 is 2.10 bits per heavy atom. The van der Waals surface area contributed by atoms with Crippen LogP contribution in [0.4, 0.5) is 4.39 Å². The first kappa shape index (κ1) is 19.3. The lowest BCUT2D eigenvalue weighted by atomic mass is 10.1. The number of benzene rings is 1. The number of pyridine rings is 1. The van der Waals surface area contributed by atoms with Crippen molar-refractivity contribution >= 4 is 17.1 Å². The Morgan fingerprint density at radius 1 is 1.28 bits per heavy atom. The van der Waals surface area contributed by atoms with E-state index >= 15 is 0 Å². The van der Waals surface area contributed by atoms with Gasteiger partial charge in [0.25, 0.3) is 5.91 Å². The Kier molecular flexibility index (Phi) is 5.43. The summed E-state index contributed by atoms with van der Waals surface area (Å²) in [5.41, 5.74) is 3.18. The Bertz CT molecular complexity index is 1070. The predicted molar refractivity (Wildman–Crippen MR) is 111 cm³/mol. The van der Waals surface area contributed by atoms with Crippen LogP contribution in [0.5, 0.6) is 0 Å². The van der Waals surface area contributed by atoms with E-state index in [0.29, 0.717) is 23.2 Å². The second-order valence-corrected chi connectivity index (χ2v) is 7.54. The van der Waals surface area contributed by atoms with Crippen LogP contribution in [0.1, 0.15) is 46.7 Å². The molecule has 4 rings (SSSR count). The molecule has 6 heteroatoms. The smallest absolute Gasteiger partial charge is 0.256 e. The molecule has 0 saturated carbocycles. The average molecular weight is 392 g/mol. The Hall–Kier alpha value is -3.02. The molecule has 0 fully saturated rings. The zero-order chi connectivity index (χ0) is 20.4. The van der Waals surface area contributed by atoms with Crippen LogP contribution >= 0.6 is 0 Å². The molecule has 29 heavy (non-hydrogen) atoms. The fourth-order valence-electron chi connectivity index (χ4n) is 3.96. The van der Waals surface area contributed by atoms with Crippen molar-refractivity contribution in [2.75, 3.05) is 6.54 Å². The molecule has 1 aliphatic heterocycles. The summed E-state index contributed by atoms with van der Waals surface area (Å²) in [6.45, 7) is 7.03. The van der Waals surface area contributed by atoms with Gasteiger partial charge in [0, 0.05) is 37.3 Å². The molecule has 3 aromatic rings. The minimum absolute atomic E-state index is 0.175. The largest absolute Gasteiger partial charge is 0.330 e. The van der Waals surface area contributed by atoms with E-state index in [-0.39, 0.29) is 18.3 Å². The molecule has 1 amide bonds. The van der Waals surface area contributed by atoms with Gasteiger partial charge in [-0.3, -0.25) is 4.79 Å². The van der Waals surface area contributed by atoms with Gasteiger partial charge >= 0.3 is 0 Å². The third-order valence-corrected chi connectivity index (χ3v) is 5.38. The molecule has 0 atom stereocenters. The number of hydrogen-bond donors (Lipinski definition) is 0. The van der Waals surface area contributed by atoms with Crippen LogP contribution in [0.25, 0.3) is 11.2 Å². The summed E-state index contributed by atoms with van der Waals surface area (Å²) in [5.74, 6) is 0.491. The molecular weight excluding hydrogens is 367 g/mol. The number of carbonyl (C=O) groups excluding carboxylic acids is 1. The Labute approximate surface area is 169 Å². The maximum atomic E-state index is 14.2. The number of halogens is 1. The number of carbonyl (C=O) groups is 1. The fourth-order valence-corrected chi connectivity index (χ4v) is 3.96. The first-order valence-corrected chi connectivity index (χ1v) is 10.1. The van der Waals surface area contributed by atoms with Gasteiger partial charge in [0.15, 0.2) is 5.65 Å². The van der Waals surface area contributed by atoms with Crippen molar-refractivity contribution in [1.82, 2.24) is 19.4 Å². The highest BCUT2D eigenvalue weighted by atomic mass is 19.1. The van der Waals surface area contributed by atoms with Crippen LogP contribution in [-0.2, 0) is 19.5 Å². The molecule has 0 aliphatic carbocycles. The molecule has 150 valence electrons. The Balaban J connectivity index is 1.76. The van der Waals surface area contributed by atoms with E-state index in [4.69, 9.17) is 4.98 Å². The first-order chi connectivity index (χ1) is 14.1. The van der Waals surface area contributed by atoms with E-state index in [2.05, 4.69) is 16.1 Å². The summed E-state index contributed by atoms with van der Waals surface area (Å²) >= 11 is 0.